The van der Waals surface area contributed by atoms with Crippen molar-refractivity contribution in [2.24, 2.45) is 0 Å². The highest BCUT2D eigenvalue weighted by atomic mass is 32.2. The zero-order chi connectivity index (χ0) is 24.8. The molecule has 11 heteroatoms. The van der Waals surface area contributed by atoms with Crippen molar-refractivity contribution in [3.05, 3.63) is 60.4 Å². The van der Waals surface area contributed by atoms with Crippen LogP contribution in [0.4, 0.5) is 22.3 Å². The van der Waals surface area contributed by atoms with Crippen molar-refractivity contribution in [1.82, 2.24) is 24.6 Å². The van der Waals surface area contributed by atoms with Gasteiger partial charge in [-0.25, -0.2) is 23.1 Å². The molecular weight excluding hydrogens is 482 g/mol. The Balaban J connectivity index is 1.46. The minimum atomic E-state index is -3.56. The number of anilines is 4. The molecule has 0 amide bonds. The summed E-state index contributed by atoms with van der Waals surface area (Å²) in [4.78, 5) is 15.4. The van der Waals surface area contributed by atoms with Crippen LogP contribution in [0, 0.1) is 12.3 Å². The summed E-state index contributed by atoms with van der Waals surface area (Å²) in [5, 5.41) is 7.09. The van der Waals surface area contributed by atoms with Gasteiger partial charge in [0.1, 0.15) is 11.0 Å². The van der Waals surface area contributed by atoms with Gasteiger partial charge >= 0.3 is 0 Å². The summed E-state index contributed by atoms with van der Waals surface area (Å²) in [6.45, 7) is 1.20. The molecule has 4 rings (SSSR count). The first-order valence-electron chi connectivity index (χ1n) is 10.8. The molecule has 0 aliphatic carbocycles. The minimum Gasteiger partial charge on any atom is -0.339 e. The fraction of sp³-hybridized carbons (Fsp3) is 0.208. The highest BCUT2D eigenvalue weighted by Crippen LogP contribution is 2.32. The van der Waals surface area contributed by atoms with Crippen LogP contribution in [0.1, 0.15) is 12.0 Å². The molecule has 0 saturated carbocycles. The number of hydrogen-bond acceptors (Lipinski definition) is 9. The van der Waals surface area contributed by atoms with E-state index in [9.17, 15) is 8.42 Å². The van der Waals surface area contributed by atoms with Crippen LogP contribution in [0.2, 0.25) is 0 Å². The van der Waals surface area contributed by atoms with Gasteiger partial charge in [0.15, 0.2) is 16.6 Å². The van der Waals surface area contributed by atoms with Gasteiger partial charge in [-0.1, -0.05) is 23.3 Å². The number of thiazole rings is 1. The first kappa shape index (κ1) is 24.6. The fourth-order valence-electron chi connectivity index (χ4n) is 3.25. The number of terminal acetylenes is 1. The molecule has 0 atom stereocenters. The Labute approximate surface area is 208 Å². The number of rotatable bonds is 10. The second kappa shape index (κ2) is 10.8. The summed E-state index contributed by atoms with van der Waals surface area (Å²) in [7, 11) is 0.349. The highest BCUT2D eigenvalue weighted by molar-refractivity contribution is 7.89. The molecule has 9 nitrogen and oxygen atoms in total. The molecule has 0 radical (unpaired) electrons. The molecule has 0 unspecified atom stereocenters. The van der Waals surface area contributed by atoms with Crippen LogP contribution in [0.3, 0.4) is 0 Å². The van der Waals surface area contributed by atoms with E-state index in [1.807, 2.05) is 43.3 Å². The van der Waals surface area contributed by atoms with E-state index in [-0.39, 0.29) is 4.90 Å². The van der Waals surface area contributed by atoms with Crippen LogP contribution in [0.5, 0.6) is 0 Å². The predicted octanol–water partition coefficient (Wildman–Crippen LogP) is 3.78. The molecule has 4 aromatic rings. The predicted molar refractivity (Wildman–Crippen MR) is 141 cm³/mol. The van der Waals surface area contributed by atoms with Crippen LogP contribution >= 0.6 is 11.3 Å². The summed E-state index contributed by atoms with van der Waals surface area (Å²) in [6.07, 6.45) is 7.67. The summed E-state index contributed by atoms with van der Waals surface area (Å²) < 4.78 is 28.4. The quantitative estimate of drug-likeness (QED) is 0.220. The van der Waals surface area contributed by atoms with Gasteiger partial charge in [0.2, 0.25) is 10.0 Å². The summed E-state index contributed by atoms with van der Waals surface area (Å²) >= 11 is 1.39. The first-order valence-corrected chi connectivity index (χ1v) is 13.1. The molecule has 0 fully saturated rings. The molecule has 180 valence electrons. The maximum absolute atomic E-state index is 12.5. The largest absolute Gasteiger partial charge is 0.339 e. The Morgan fingerprint density at radius 2 is 1.86 bits per heavy atom. The topological polar surface area (TPSA) is 112 Å². The molecule has 0 spiro atoms. The molecule has 0 bridgehead atoms. The van der Waals surface area contributed by atoms with Crippen molar-refractivity contribution in [3.63, 3.8) is 0 Å². The minimum absolute atomic E-state index is 0.212. The first-order chi connectivity index (χ1) is 16.8. The lowest BCUT2D eigenvalue weighted by Gasteiger charge is -2.10. The monoisotopic (exact) mass is 507 g/mol. The van der Waals surface area contributed by atoms with Crippen LogP contribution in [-0.4, -0.2) is 55.5 Å². The average molecular weight is 508 g/mol. The maximum atomic E-state index is 12.5. The Morgan fingerprint density at radius 3 is 2.60 bits per heavy atom. The Hall–Kier alpha value is -3.56. The SMILES string of the molecule is C#Cc1cccc(Nc2ncnc3nc(Nc4ccc(S(=O)(=O)NCCCN(C)C)cc4)sc23)c1. The second-order valence-electron chi connectivity index (χ2n) is 7.95. The van der Waals surface area contributed by atoms with Crippen molar-refractivity contribution >= 4 is 54.0 Å². The van der Waals surface area contributed by atoms with Crippen molar-refractivity contribution < 1.29 is 8.42 Å². The zero-order valence-electron chi connectivity index (χ0n) is 19.3. The number of nitrogens with one attached hydrogen (secondary N) is 3. The number of fused-ring (bicyclic) bond motifs is 1. The molecule has 3 N–H and O–H groups in total. The van der Waals surface area contributed by atoms with Crippen LogP contribution in [0.25, 0.3) is 10.3 Å². The highest BCUT2D eigenvalue weighted by Gasteiger charge is 2.14. The molecule has 0 aliphatic heterocycles. The van der Waals surface area contributed by atoms with Crippen LogP contribution in [-0.2, 0) is 10.0 Å². The maximum Gasteiger partial charge on any atom is 0.240 e. The van der Waals surface area contributed by atoms with Gasteiger partial charge in [-0.2, -0.15) is 4.98 Å². The van der Waals surface area contributed by atoms with Gasteiger partial charge in [0.25, 0.3) is 0 Å². The molecule has 2 heterocycles. The second-order valence-corrected chi connectivity index (χ2v) is 10.7. The fourth-order valence-corrected chi connectivity index (χ4v) is 5.20. The summed E-state index contributed by atoms with van der Waals surface area (Å²) in [5.74, 6) is 3.24. The van der Waals surface area contributed by atoms with Gasteiger partial charge in [0, 0.05) is 23.5 Å². The molecule has 2 aromatic carbocycles. The standard InChI is InChI=1S/C24H25N7O2S2/c1-4-17-7-5-8-19(15-17)28-22-21-23(26-16-25-22)30-24(34-21)29-18-9-11-20(12-10-18)35(32,33)27-13-6-14-31(2)3/h1,5,7-12,15-16,27H,6,13-14H2,2-3H3,(H2,25,26,28,29,30). The summed E-state index contributed by atoms with van der Waals surface area (Å²) in [5.41, 5.74) is 2.83. The van der Waals surface area contributed by atoms with Gasteiger partial charge in [0.05, 0.1) is 4.90 Å². The lowest BCUT2D eigenvalue weighted by molar-refractivity contribution is 0.400. The van der Waals surface area contributed by atoms with E-state index in [4.69, 9.17) is 6.42 Å². The average Bonchev–Trinajstić information content (AvgIpc) is 3.26. The smallest absolute Gasteiger partial charge is 0.240 e. The van der Waals surface area contributed by atoms with Gasteiger partial charge in [-0.15, -0.1) is 6.42 Å². The molecular formula is C24H25N7O2S2. The van der Waals surface area contributed by atoms with E-state index >= 15 is 0 Å². The number of aromatic nitrogens is 3. The van der Waals surface area contributed by atoms with Crippen molar-refractivity contribution in [1.29, 1.82) is 0 Å². The molecule has 35 heavy (non-hydrogen) atoms. The molecule has 2 aromatic heterocycles. The van der Waals surface area contributed by atoms with Crippen molar-refractivity contribution in [2.45, 2.75) is 11.3 Å². The third-order valence-electron chi connectivity index (χ3n) is 4.97. The summed E-state index contributed by atoms with van der Waals surface area (Å²) in [6, 6.07) is 14.0. The zero-order valence-corrected chi connectivity index (χ0v) is 20.9. The van der Waals surface area contributed by atoms with E-state index in [1.54, 1.807) is 24.3 Å². The lowest BCUT2D eigenvalue weighted by Crippen LogP contribution is -2.27. The molecule has 0 saturated heterocycles. The Morgan fingerprint density at radius 1 is 1.06 bits per heavy atom. The van der Waals surface area contributed by atoms with Crippen molar-refractivity contribution in [3.8, 4) is 12.3 Å². The third-order valence-corrected chi connectivity index (χ3v) is 7.42. The normalized spacial score (nSPS) is 11.5. The van der Waals surface area contributed by atoms with Crippen molar-refractivity contribution in [2.75, 3.05) is 37.8 Å². The van der Waals surface area contributed by atoms with Gasteiger partial charge in [-0.3, -0.25) is 0 Å². The number of hydrogen-bond donors (Lipinski definition) is 3. The van der Waals surface area contributed by atoms with E-state index in [2.05, 4.69) is 36.2 Å². The Bertz CT molecular complexity index is 1460. The number of sulfonamides is 1. The van der Waals surface area contributed by atoms with E-state index in [1.165, 1.54) is 17.7 Å². The van der Waals surface area contributed by atoms with E-state index in [0.29, 0.717) is 28.8 Å². The Kier molecular flexibility index (Phi) is 7.57. The third kappa shape index (κ3) is 6.32. The van der Waals surface area contributed by atoms with Crippen LogP contribution in [0.15, 0.2) is 59.8 Å². The molecule has 0 aliphatic rings. The number of nitrogens with zero attached hydrogens (tertiary/aromatic N) is 4. The lowest BCUT2D eigenvalue weighted by atomic mass is 10.2. The van der Waals surface area contributed by atoms with E-state index in [0.717, 1.165) is 28.9 Å². The van der Waals surface area contributed by atoms with Crippen LogP contribution < -0.4 is 15.4 Å². The van der Waals surface area contributed by atoms with Gasteiger partial charge < -0.3 is 15.5 Å². The number of benzene rings is 2. The van der Waals surface area contributed by atoms with Gasteiger partial charge in [-0.05, 0) is 69.5 Å². The van der Waals surface area contributed by atoms with E-state index < -0.39 is 10.0 Å².